The number of hydrogen-bond donors (Lipinski definition) is 1. The van der Waals surface area contributed by atoms with E-state index in [0.29, 0.717) is 22.8 Å². The molecule has 3 nitrogen and oxygen atoms in total. The second-order valence-electron chi connectivity index (χ2n) is 5.06. The lowest BCUT2D eigenvalue weighted by Crippen LogP contribution is -2.28. The van der Waals surface area contributed by atoms with Crippen molar-refractivity contribution in [3.63, 3.8) is 0 Å². The van der Waals surface area contributed by atoms with Gasteiger partial charge in [-0.2, -0.15) is 0 Å². The summed E-state index contributed by atoms with van der Waals surface area (Å²) in [5, 5.41) is 0.674. The highest BCUT2D eigenvalue weighted by Gasteiger charge is 2.25. The predicted molar refractivity (Wildman–Crippen MR) is 82.4 cm³/mol. The quantitative estimate of drug-likeness (QED) is 0.816. The summed E-state index contributed by atoms with van der Waals surface area (Å²) in [5.41, 5.74) is 10.1. The number of aryl methyl sites for hydroxylation is 1. The molecule has 2 aromatic rings. The van der Waals surface area contributed by atoms with Crippen LogP contribution in [0.25, 0.3) is 0 Å². The minimum absolute atomic E-state index is 0.00545. The number of nitrogen functional groups attached to an aromatic ring is 1. The molecule has 102 valence electrons. The summed E-state index contributed by atoms with van der Waals surface area (Å²) in [6, 6.07) is 11.1. The molecule has 20 heavy (non-hydrogen) atoms. The van der Waals surface area contributed by atoms with Gasteiger partial charge in [0.2, 0.25) is 0 Å². The van der Waals surface area contributed by atoms with E-state index in [4.69, 9.17) is 17.3 Å². The zero-order valence-electron chi connectivity index (χ0n) is 11.2. The number of hydrogen-bond acceptors (Lipinski definition) is 2. The first-order valence-electron chi connectivity index (χ1n) is 6.52. The molecule has 0 spiro atoms. The van der Waals surface area contributed by atoms with Gasteiger partial charge in [-0.05, 0) is 54.8 Å². The second kappa shape index (κ2) is 4.84. The molecule has 0 radical (unpaired) electrons. The Morgan fingerprint density at radius 3 is 2.80 bits per heavy atom. The number of anilines is 2. The zero-order chi connectivity index (χ0) is 14.3. The van der Waals surface area contributed by atoms with E-state index in [2.05, 4.69) is 0 Å². The molecule has 1 heterocycles. The number of rotatable bonds is 1. The van der Waals surface area contributed by atoms with Gasteiger partial charge in [-0.1, -0.05) is 17.7 Å². The van der Waals surface area contributed by atoms with Gasteiger partial charge in [0.25, 0.3) is 5.91 Å². The van der Waals surface area contributed by atoms with Gasteiger partial charge in [-0.3, -0.25) is 4.79 Å². The first-order valence-corrected chi connectivity index (χ1v) is 6.90. The van der Waals surface area contributed by atoms with Gasteiger partial charge in [-0.15, -0.1) is 0 Å². The normalized spacial score (nSPS) is 13.4. The number of amides is 1. The number of carbonyl (C=O) groups excluding carboxylic acids is 1. The first-order chi connectivity index (χ1) is 9.56. The van der Waals surface area contributed by atoms with E-state index < -0.39 is 0 Å². The Balaban J connectivity index is 1.97. The van der Waals surface area contributed by atoms with E-state index >= 15 is 0 Å². The number of nitrogens with zero attached hydrogens (tertiary/aromatic N) is 1. The van der Waals surface area contributed by atoms with Crippen LogP contribution in [0.3, 0.4) is 0 Å². The standard InChI is InChI=1S/C16H15ClN2O/c1-10-8-12(3-5-14(10)17)16(20)19-7-6-11-2-4-13(18)9-15(11)19/h2-5,8-9H,6-7,18H2,1H3. The van der Waals surface area contributed by atoms with Crippen molar-refractivity contribution >= 4 is 28.9 Å². The minimum atomic E-state index is -0.00545. The third-order valence-electron chi connectivity index (χ3n) is 3.65. The van der Waals surface area contributed by atoms with Crippen molar-refractivity contribution in [1.29, 1.82) is 0 Å². The van der Waals surface area contributed by atoms with E-state index in [1.807, 2.05) is 31.2 Å². The van der Waals surface area contributed by atoms with E-state index in [1.54, 1.807) is 17.0 Å². The summed E-state index contributed by atoms with van der Waals surface area (Å²) >= 11 is 6.01. The summed E-state index contributed by atoms with van der Waals surface area (Å²) in [6.45, 7) is 2.59. The highest BCUT2D eigenvalue weighted by atomic mass is 35.5. The average molecular weight is 287 g/mol. The topological polar surface area (TPSA) is 46.3 Å². The molecule has 0 aromatic heterocycles. The Hall–Kier alpha value is -2.00. The summed E-state index contributed by atoms with van der Waals surface area (Å²) < 4.78 is 0. The van der Waals surface area contributed by atoms with Crippen LogP contribution in [-0.4, -0.2) is 12.5 Å². The summed E-state index contributed by atoms with van der Waals surface area (Å²) in [6.07, 6.45) is 0.869. The molecule has 0 bridgehead atoms. The van der Waals surface area contributed by atoms with Gasteiger partial charge < -0.3 is 10.6 Å². The van der Waals surface area contributed by atoms with Crippen molar-refractivity contribution < 1.29 is 4.79 Å². The third-order valence-corrected chi connectivity index (χ3v) is 4.08. The van der Waals surface area contributed by atoms with Crippen LogP contribution in [-0.2, 0) is 6.42 Å². The van der Waals surface area contributed by atoms with E-state index in [-0.39, 0.29) is 5.91 Å². The molecule has 2 N–H and O–H groups in total. The van der Waals surface area contributed by atoms with Crippen molar-refractivity contribution in [2.75, 3.05) is 17.2 Å². The van der Waals surface area contributed by atoms with Crippen molar-refractivity contribution in [2.24, 2.45) is 0 Å². The number of benzene rings is 2. The van der Waals surface area contributed by atoms with Crippen LogP contribution < -0.4 is 10.6 Å². The van der Waals surface area contributed by atoms with Crippen LogP contribution in [0.5, 0.6) is 0 Å². The molecule has 0 atom stereocenters. The lowest BCUT2D eigenvalue weighted by molar-refractivity contribution is 0.0989. The van der Waals surface area contributed by atoms with Crippen molar-refractivity contribution in [1.82, 2.24) is 0 Å². The Morgan fingerprint density at radius 1 is 1.25 bits per heavy atom. The van der Waals surface area contributed by atoms with Crippen LogP contribution in [0.15, 0.2) is 36.4 Å². The molecular weight excluding hydrogens is 272 g/mol. The van der Waals surface area contributed by atoms with E-state index in [1.165, 1.54) is 5.56 Å². The highest BCUT2D eigenvalue weighted by molar-refractivity contribution is 6.31. The Kier molecular flexibility index (Phi) is 3.14. The molecule has 2 aromatic carbocycles. The molecule has 1 amide bonds. The maximum absolute atomic E-state index is 12.6. The number of carbonyl (C=O) groups is 1. The van der Waals surface area contributed by atoms with Gasteiger partial charge in [-0.25, -0.2) is 0 Å². The van der Waals surface area contributed by atoms with Crippen LogP contribution >= 0.6 is 11.6 Å². The smallest absolute Gasteiger partial charge is 0.258 e. The fourth-order valence-corrected chi connectivity index (χ4v) is 2.66. The van der Waals surface area contributed by atoms with Crippen molar-refractivity contribution in [2.45, 2.75) is 13.3 Å². The lowest BCUT2D eigenvalue weighted by Gasteiger charge is -2.18. The van der Waals surface area contributed by atoms with Crippen LogP contribution in [0.2, 0.25) is 5.02 Å². The van der Waals surface area contributed by atoms with Gasteiger partial charge >= 0.3 is 0 Å². The summed E-state index contributed by atoms with van der Waals surface area (Å²) in [4.78, 5) is 14.4. The summed E-state index contributed by atoms with van der Waals surface area (Å²) in [5.74, 6) is -0.00545. The summed E-state index contributed by atoms with van der Waals surface area (Å²) in [7, 11) is 0. The molecule has 1 aliphatic heterocycles. The van der Waals surface area contributed by atoms with E-state index in [9.17, 15) is 4.79 Å². The maximum Gasteiger partial charge on any atom is 0.258 e. The van der Waals surface area contributed by atoms with Crippen molar-refractivity contribution in [3.8, 4) is 0 Å². The van der Waals surface area contributed by atoms with Gasteiger partial charge in [0, 0.05) is 28.5 Å². The first kappa shape index (κ1) is 13.0. The van der Waals surface area contributed by atoms with Crippen molar-refractivity contribution in [3.05, 3.63) is 58.1 Å². The number of fused-ring (bicyclic) bond motifs is 1. The van der Waals surface area contributed by atoms with Gasteiger partial charge in [0.15, 0.2) is 0 Å². The van der Waals surface area contributed by atoms with E-state index in [0.717, 1.165) is 17.7 Å². The average Bonchev–Trinajstić information content (AvgIpc) is 2.84. The lowest BCUT2D eigenvalue weighted by atomic mass is 10.1. The molecule has 4 heteroatoms. The maximum atomic E-state index is 12.6. The molecule has 0 unspecified atom stereocenters. The number of nitrogens with two attached hydrogens (primary N) is 1. The molecule has 1 aliphatic rings. The Labute approximate surface area is 123 Å². The monoisotopic (exact) mass is 286 g/mol. The molecule has 0 fully saturated rings. The second-order valence-corrected chi connectivity index (χ2v) is 5.47. The molecule has 0 aliphatic carbocycles. The van der Waals surface area contributed by atoms with Gasteiger partial charge in [0.05, 0.1) is 0 Å². The Morgan fingerprint density at radius 2 is 2.05 bits per heavy atom. The molecule has 3 rings (SSSR count). The minimum Gasteiger partial charge on any atom is -0.399 e. The largest absolute Gasteiger partial charge is 0.399 e. The zero-order valence-corrected chi connectivity index (χ0v) is 11.9. The fraction of sp³-hybridized carbons (Fsp3) is 0.188. The van der Waals surface area contributed by atoms with Crippen LogP contribution in [0.1, 0.15) is 21.5 Å². The van der Waals surface area contributed by atoms with Crippen LogP contribution in [0, 0.1) is 6.92 Å². The molecule has 0 saturated heterocycles. The number of halogens is 1. The Bertz CT molecular complexity index is 697. The van der Waals surface area contributed by atoms with Gasteiger partial charge in [0.1, 0.15) is 0 Å². The third kappa shape index (κ3) is 2.14. The highest BCUT2D eigenvalue weighted by Crippen LogP contribution is 2.31. The fourth-order valence-electron chi connectivity index (χ4n) is 2.54. The molecular formula is C16H15ClN2O. The predicted octanol–water partition coefficient (Wildman–Crippen LogP) is 3.43. The SMILES string of the molecule is Cc1cc(C(=O)N2CCc3ccc(N)cc32)ccc1Cl. The molecule has 0 saturated carbocycles. The van der Waals surface area contributed by atoms with Crippen LogP contribution in [0.4, 0.5) is 11.4 Å².